The molecule has 4 nitrogen and oxygen atoms in total. The van der Waals surface area contributed by atoms with E-state index >= 15 is 0 Å². The Morgan fingerprint density at radius 2 is 1.44 bits per heavy atom. The van der Waals surface area contributed by atoms with Gasteiger partial charge in [0.25, 0.3) is 5.91 Å². The van der Waals surface area contributed by atoms with Gasteiger partial charge in [0.05, 0.1) is 5.56 Å². The van der Waals surface area contributed by atoms with Gasteiger partial charge in [-0.15, -0.1) is 12.4 Å². The average molecular weight is 515 g/mol. The SMILES string of the molecule is CCCCCCCCCCCC1Oc2ccccc2C(=O)N1CCCN(C)CCc1ccccc1.Cl. The van der Waals surface area contributed by atoms with Crippen molar-refractivity contribution in [3.8, 4) is 5.75 Å². The van der Waals surface area contributed by atoms with E-state index in [0.29, 0.717) is 5.56 Å². The van der Waals surface area contributed by atoms with Crippen LogP contribution in [0, 0.1) is 0 Å². The molecule has 3 rings (SSSR count). The molecule has 0 N–H and O–H groups in total. The van der Waals surface area contributed by atoms with E-state index in [0.717, 1.165) is 51.1 Å². The molecule has 1 atom stereocenters. The van der Waals surface area contributed by atoms with Gasteiger partial charge in [-0.2, -0.15) is 0 Å². The predicted molar refractivity (Wildman–Crippen MR) is 153 cm³/mol. The van der Waals surface area contributed by atoms with Crippen LogP contribution < -0.4 is 4.74 Å². The summed E-state index contributed by atoms with van der Waals surface area (Å²) < 4.78 is 6.34. The maximum Gasteiger partial charge on any atom is 0.260 e. The maximum atomic E-state index is 13.3. The van der Waals surface area contributed by atoms with Crippen LogP contribution >= 0.6 is 12.4 Å². The van der Waals surface area contributed by atoms with Crippen LogP contribution in [0.2, 0.25) is 0 Å². The largest absolute Gasteiger partial charge is 0.470 e. The Morgan fingerprint density at radius 1 is 0.806 bits per heavy atom. The van der Waals surface area contributed by atoms with Crippen molar-refractivity contribution < 1.29 is 9.53 Å². The smallest absolute Gasteiger partial charge is 0.260 e. The Morgan fingerprint density at radius 3 is 2.17 bits per heavy atom. The molecule has 2 aromatic rings. The van der Waals surface area contributed by atoms with Crippen LogP contribution in [0.3, 0.4) is 0 Å². The van der Waals surface area contributed by atoms with Gasteiger partial charge in [-0.1, -0.05) is 101 Å². The van der Waals surface area contributed by atoms with Crippen LogP contribution in [-0.4, -0.2) is 48.6 Å². The van der Waals surface area contributed by atoms with Crippen LogP contribution in [0.15, 0.2) is 54.6 Å². The molecule has 36 heavy (non-hydrogen) atoms. The number of rotatable bonds is 17. The summed E-state index contributed by atoms with van der Waals surface area (Å²) in [5.41, 5.74) is 2.07. The Kier molecular flexibility index (Phi) is 14.6. The number of carbonyl (C=O) groups is 1. The summed E-state index contributed by atoms with van der Waals surface area (Å²) >= 11 is 0. The molecule has 1 heterocycles. The minimum Gasteiger partial charge on any atom is -0.470 e. The highest BCUT2D eigenvalue weighted by Gasteiger charge is 2.32. The fourth-order valence-electron chi connectivity index (χ4n) is 4.92. The summed E-state index contributed by atoms with van der Waals surface area (Å²) in [6.07, 6.45) is 14.5. The van der Waals surface area contributed by atoms with E-state index in [9.17, 15) is 4.79 Å². The molecule has 200 valence electrons. The topological polar surface area (TPSA) is 32.8 Å². The molecule has 0 fully saturated rings. The van der Waals surface area contributed by atoms with Crippen molar-refractivity contribution >= 4 is 18.3 Å². The number of halogens is 1. The van der Waals surface area contributed by atoms with Crippen LogP contribution in [0.4, 0.5) is 0 Å². The third kappa shape index (κ3) is 10.1. The molecule has 2 aromatic carbocycles. The second-order valence-electron chi connectivity index (χ2n) is 10.1. The summed E-state index contributed by atoms with van der Waals surface area (Å²) in [6, 6.07) is 18.4. The fraction of sp³-hybridized carbons (Fsp3) is 0.581. The van der Waals surface area contributed by atoms with Crippen molar-refractivity contribution in [2.24, 2.45) is 0 Å². The summed E-state index contributed by atoms with van der Waals surface area (Å²) in [5, 5.41) is 0. The Labute approximate surface area is 225 Å². The molecule has 0 radical (unpaired) electrons. The number of hydrogen-bond donors (Lipinski definition) is 0. The van der Waals surface area contributed by atoms with E-state index in [2.05, 4.69) is 49.2 Å². The van der Waals surface area contributed by atoms with Gasteiger partial charge in [0, 0.05) is 19.5 Å². The number of fused-ring (bicyclic) bond motifs is 1. The van der Waals surface area contributed by atoms with Gasteiger partial charge in [0.15, 0.2) is 6.23 Å². The predicted octanol–water partition coefficient (Wildman–Crippen LogP) is 7.75. The number of nitrogens with zero attached hydrogens (tertiary/aromatic N) is 2. The molecule has 1 aliphatic rings. The number of carbonyl (C=O) groups excluding carboxylic acids is 1. The van der Waals surface area contributed by atoms with E-state index < -0.39 is 0 Å². The first-order valence-corrected chi connectivity index (χ1v) is 14.0. The molecule has 0 aromatic heterocycles. The molecule has 0 aliphatic carbocycles. The number of para-hydroxylation sites is 1. The van der Waals surface area contributed by atoms with E-state index in [4.69, 9.17) is 4.74 Å². The fourth-order valence-corrected chi connectivity index (χ4v) is 4.92. The van der Waals surface area contributed by atoms with Gasteiger partial charge >= 0.3 is 0 Å². The Hall–Kier alpha value is -2.04. The Bertz CT molecular complexity index is 861. The van der Waals surface area contributed by atoms with Crippen molar-refractivity contribution in [2.75, 3.05) is 26.7 Å². The van der Waals surface area contributed by atoms with Crippen LogP contribution in [0.5, 0.6) is 5.75 Å². The third-order valence-electron chi connectivity index (χ3n) is 7.11. The molecule has 0 spiro atoms. The summed E-state index contributed by atoms with van der Waals surface area (Å²) in [7, 11) is 2.17. The highest BCUT2D eigenvalue weighted by Crippen LogP contribution is 2.30. The summed E-state index contributed by atoms with van der Waals surface area (Å²) in [5.74, 6) is 0.870. The minimum atomic E-state index is -0.142. The first-order valence-electron chi connectivity index (χ1n) is 14.0. The van der Waals surface area contributed by atoms with Gasteiger partial charge in [0.2, 0.25) is 0 Å². The van der Waals surface area contributed by atoms with Crippen LogP contribution in [0.25, 0.3) is 0 Å². The highest BCUT2D eigenvalue weighted by atomic mass is 35.5. The number of unbranched alkanes of at least 4 members (excludes halogenated alkanes) is 8. The molecule has 0 saturated heterocycles. The molecule has 1 amide bonds. The third-order valence-corrected chi connectivity index (χ3v) is 7.11. The lowest BCUT2D eigenvalue weighted by Gasteiger charge is -2.37. The molecule has 0 saturated carbocycles. The van der Waals surface area contributed by atoms with E-state index in [1.807, 2.05) is 29.2 Å². The number of amides is 1. The lowest BCUT2D eigenvalue weighted by molar-refractivity contribution is 0.00366. The average Bonchev–Trinajstić information content (AvgIpc) is 2.88. The van der Waals surface area contributed by atoms with Gasteiger partial charge in [-0.25, -0.2) is 0 Å². The zero-order valence-electron chi connectivity index (χ0n) is 22.5. The Balaban J connectivity index is 0.00000456. The highest BCUT2D eigenvalue weighted by molar-refractivity contribution is 5.97. The second kappa shape index (κ2) is 17.4. The molecular formula is C31H47ClN2O2. The van der Waals surface area contributed by atoms with E-state index in [1.165, 1.54) is 56.9 Å². The first kappa shape index (κ1) is 30.2. The summed E-state index contributed by atoms with van der Waals surface area (Å²) in [4.78, 5) is 17.7. The monoisotopic (exact) mass is 514 g/mol. The van der Waals surface area contributed by atoms with Crippen molar-refractivity contribution in [3.63, 3.8) is 0 Å². The van der Waals surface area contributed by atoms with Crippen molar-refractivity contribution in [1.29, 1.82) is 0 Å². The van der Waals surface area contributed by atoms with E-state index in [1.54, 1.807) is 0 Å². The van der Waals surface area contributed by atoms with Crippen molar-refractivity contribution in [1.82, 2.24) is 9.80 Å². The lowest BCUT2D eigenvalue weighted by Crippen LogP contribution is -2.48. The zero-order chi connectivity index (χ0) is 24.7. The van der Waals surface area contributed by atoms with E-state index in [-0.39, 0.29) is 24.5 Å². The van der Waals surface area contributed by atoms with Crippen LogP contribution in [-0.2, 0) is 6.42 Å². The first-order chi connectivity index (χ1) is 17.2. The lowest BCUT2D eigenvalue weighted by atomic mass is 10.0. The quantitative estimate of drug-likeness (QED) is 0.202. The van der Waals surface area contributed by atoms with Gasteiger partial charge in [0.1, 0.15) is 5.75 Å². The van der Waals surface area contributed by atoms with Crippen molar-refractivity contribution in [3.05, 3.63) is 65.7 Å². The standard InChI is InChI=1S/C31H46N2O2.ClH/c1-3-4-5-6-7-8-9-10-14-22-30-33(31(34)28-20-15-16-21-29(28)35-30)25-17-24-32(2)26-23-27-18-12-11-13-19-27;/h11-13,15-16,18-21,30H,3-10,14,17,22-26H2,1-2H3;1H. The maximum absolute atomic E-state index is 13.3. The minimum absolute atomic E-state index is 0. The molecule has 0 bridgehead atoms. The zero-order valence-corrected chi connectivity index (χ0v) is 23.3. The van der Waals surface area contributed by atoms with Gasteiger partial charge < -0.3 is 14.5 Å². The second-order valence-corrected chi connectivity index (χ2v) is 10.1. The molecule has 1 unspecified atom stereocenters. The number of ether oxygens (including phenoxy) is 1. The molecular weight excluding hydrogens is 468 g/mol. The van der Waals surface area contributed by atoms with Crippen LogP contribution in [0.1, 0.15) is 93.5 Å². The summed E-state index contributed by atoms with van der Waals surface area (Å²) in [6.45, 7) is 5.01. The molecule has 5 heteroatoms. The number of likely N-dealkylation sites (N-methyl/N-ethyl adjacent to an activating group) is 1. The van der Waals surface area contributed by atoms with Gasteiger partial charge in [-0.3, -0.25) is 4.79 Å². The number of hydrogen-bond acceptors (Lipinski definition) is 3. The number of benzene rings is 2. The van der Waals surface area contributed by atoms with Gasteiger partial charge in [-0.05, 0) is 50.6 Å². The molecule has 1 aliphatic heterocycles. The normalized spacial score (nSPS) is 14.9. The van der Waals surface area contributed by atoms with Crippen molar-refractivity contribution in [2.45, 2.75) is 90.2 Å².